The molecule has 1 unspecified atom stereocenters. The summed E-state index contributed by atoms with van der Waals surface area (Å²) in [4.78, 5) is 17.1. The molecular weight excluding hydrogens is 398 g/mol. The van der Waals surface area contributed by atoms with Crippen LogP contribution in [0.1, 0.15) is 18.5 Å². The fourth-order valence-electron chi connectivity index (χ4n) is 3.70. The molecule has 4 rings (SSSR count). The summed E-state index contributed by atoms with van der Waals surface area (Å²) in [6.07, 6.45) is 0. The first kappa shape index (κ1) is 20.3. The number of primary amides is 1. The zero-order chi connectivity index (χ0) is 22.1. The quantitative estimate of drug-likeness (QED) is 0.629. The van der Waals surface area contributed by atoms with E-state index in [0.29, 0.717) is 45.9 Å². The van der Waals surface area contributed by atoms with Crippen molar-refractivity contribution in [3.05, 3.63) is 59.3 Å². The summed E-state index contributed by atoms with van der Waals surface area (Å²) in [6, 6.07) is 12.2. The number of carbonyl (C=O) groups is 1. The SMILES string of the molecule is COc1cccc(-c2nc3n(n2)C(c2cc(OC)ccc2OC)C(C(N)=O)=C(C)N3)c1. The van der Waals surface area contributed by atoms with Gasteiger partial charge in [0.25, 0.3) is 0 Å². The standard InChI is InChI=1S/C22H23N5O4/c1-12-18(20(23)28)19(16-11-15(30-3)8-9-17(16)31-4)27-22(24-12)25-21(26-27)13-6-5-7-14(10-13)29-2/h5-11,19H,1-4H3,(H2,23,28)(H,24,25,26). The molecule has 1 amide bonds. The van der Waals surface area contributed by atoms with Crippen molar-refractivity contribution in [2.75, 3.05) is 26.6 Å². The number of hydrogen-bond acceptors (Lipinski definition) is 7. The van der Waals surface area contributed by atoms with Gasteiger partial charge < -0.3 is 25.3 Å². The molecule has 0 saturated heterocycles. The Morgan fingerprint density at radius 3 is 2.48 bits per heavy atom. The van der Waals surface area contributed by atoms with Gasteiger partial charge in [-0.25, -0.2) is 4.68 Å². The van der Waals surface area contributed by atoms with Crippen LogP contribution in [-0.4, -0.2) is 42.0 Å². The number of allylic oxidation sites excluding steroid dienone is 1. The van der Waals surface area contributed by atoms with Gasteiger partial charge in [-0.15, -0.1) is 5.10 Å². The summed E-state index contributed by atoms with van der Waals surface area (Å²) in [7, 11) is 4.74. The summed E-state index contributed by atoms with van der Waals surface area (Å²) in [5.41, 5.74) is 8.19. The molecule has 3 aromatic rings. The third kappa shape index (κ3) is 3.54. The number of benzene rings is 2. The molecule has 0 saturated carbocycles. The largest absolute Gasteiger partial charge is 0.497 e. The Labute approximate surface area is 179 Å². The van der Waals surface area contributed by atoms with E-state index in [1.54, 1.807) is 45.1 Å². The lowest BCUT2D eigenvalue weighted by Gasteiger charge is -2.28. The highest BCUT2D eigenvalue weighted by molar-refractivity contribution is 5.95. The number of methoxy groups -OCH3 is 3. The minimum Gasteiger partial charge on any atom is -0.497 e. The molecule has 1 aromatic heterocycles. The van der Waals surface area contributed by atoms with Gasteiger partial charge in [-0.3, -0.25) is 4.79 Å². The summed E-state index contributed by atoms with van der Waals surface area (Å²) >= 11 is 0. The van der Waals surface area contributed by atoms with Gasteiger partial charge in [-0.1, -0.05) is 12.1 Å². The number of ether oxygens (including phenoxy) is 3. The Balaban J connectivity index is 1.92. The van der Waals surface area contributed by atoms with Crippen LogP contribution in [0.4, 0.5) is 5.95 Å². The third-order valence-electron chi connectivity index (χ3n) is 5.18. The lowest BCUT2D eigenvalue weighted by molar-refractivity contribution is -0.115. The van der Waals surface area contributed by atoms with E-state index in [4.69, 9.17) is 25.0 Å². The summed E-state index contributed by atoms with van der Waals surface area (Å²) in [5.74, 6) is 2.27. The van der Waals surface area contributed by atoms with Crippen molar-refractivity contribution in [3.63, 3.8) is 0 Å². The number of fused-ring (bicyclic) bond motifs is 1. The molecule has 1 aliphatic rings. The summed E-state index contributed by atoms with van der Waals surface area (Å²) < 4.78 is 17.9. The monoisotopic (exact) mass is 421 g/mol. The number of aromatic nitrogens is 3. The topological polar surface area (TPSA) is 114 Å². The van der Waals surface area contributed by atoms with Crippen LogP contribution in [0.25, 0.3) is 11.4 Å². The van der Waals surface area contributed by atoms with Crippen LogP contribution < -0.4 is 25.3 Å². The third-order valence-corrected chi connectivity index (χ3v) is 5.18. The summed E-state index contributed by atoms with van der Waals surface area (Å²) in [5, 5.41) is 7.84. The van der Waals surface area contributed by atoms with Gasteiger partial charge in [0.1, 0.15) is 23.3 Å². The highest BCUT2D eigenvalue weighted by Gasteiger charge is 2.35. The van der Waals surface area contributed by atoms with Gasteiger partial charge in [-0.2, -0.15) is 4.98 Å². The molecule has 1 aliphatic heterocycles. The Morgan fingerprint density at radius 2 is 1.81 bits per heavy atom. The summed E-state index contributed by atoms with van der Waals surface area (Å²) in [6.45, 7) is 1.78. The average molecular weight is 421 g/mol. The lowest BCUT2D eigenvalue weighted by Crippen LogP contribution is -2.32. The first-order chi connectivity index (χ1) is 15.0. The molecule has 0 spiro atoms. The number of nitrogens with one attached hydrogen (secondary N) is 1. The van der Waals surface area contributed by atoms with Gasteiger partial charge in [0.2, 0.25) is 11.9 Å². The zero-order valence-electron chi connectivity index (χ0n) is 17.7. The molecule has 2 aromatic carbocycles. The van der Waals surface area contributed by atoms with Crippen LogP contribution in [0, 0.1) is 0 Å². The van der Waals surface area contributed by atoms with Gasteiger partial charge >= 0.3 is 0 Å². The van der Waals surface area contributed by atoms with Crippen LogP contribution in [-0.2, 0) is 4.79 Å². The number of nitrogens with two attached hydrogens (primary N) is 1. The number of carbonyl (C=O) groups excluding carboxylic acids is 1. The van der Waals surface area contributed by atoms with Gasteiger partial charge in [0.15, 0.2) is 5.82 Å². The zero-order valence-corrected chi connectivity index (χ0v) is 17.7. The van der Waals surface area contributed by atoms with Crippen molar-refractivity contribution in [2.24, 2.45) is 5.73 Å². The molecule has 3 N–H and O–H groups in total. The molecule has 0 fully saturated rings. The van der Waals surface area contributed by atoms with E-state index in [9.17, 15) is 4.79 Å². The van der Waals surface area contributed by atoms with Crippen molar-refractivity contribution >= 4 is 11.9 Å². The predicted molar refractivity (Wildman–Crippen MR) is 115 cm³/mol. The molecule has 0 radical (unpaired) electrons. The fourth-order valence-corrected chi connectivity index (χ4v) is 3.70. The molecule has 0 aliphatic carbocycles. The van der Waals surface area contributed by atoms with Crippen molar-refractivity contribution in [2.45, 2.75) is 13.0 Å². The average Bonchev–Trinajstić information content (AvgIpc) is 3.21. The minimum absolute atomic E-state index is 0.362. The Bertz CT molecular complexity index is 1180. The van der Waals surface area contributed by atoms with Gasteiger partial charge in [0, 0.05) is 16.8 Å². The molecule has 9 nitrogen and oxygen atoms in total. The minimum atomic E-state index is -0.648. The number of nitrogens with zero attached hydrogens (tertiary/aromatic N) is 3. The van der Waals surface area contributed by atoms with E-state index in [1.807, 2.05) is 30.3 Å². The van der Waals surface area contributed by atoms with E-state index in [0.717, 1.165) is 5.56 Å². The molecule has 2 heterocycles. The number of amides is 1. The van der Waals surface area contributed by atoms with Crippen LogP contribution in [0.5, 0.6) is 17.2 Å². The highest BCUT2D eigenvalue weighted by Crippen LogP contribution is 2.41. The van der Waals surface area contributed by atoms with Crippen LogP contribution >= 0.6 is 0 Å². The van der Waals surface area contributed by atoms with Crippen molar-refractivity contribution in [3.8, 4) is 28.6 Å². The van der Waals surface area contributed by atoms with E-state index in [2.05, 4.69) is 10.3 Å². The van der Waals surface area contributed by atoms with E-state index in [1.165, 1.54) is 0 Å². The number of rotatable bonds is 6. The second kappa shape index (κ2) is 8.02. The van der Waals surface area contributed by atoms with E-state index >= 15 is 0 Å². The van der Waals surface area contributed by atoms with Gasteiger partial charge in [-0.05, 0) is 37.3 Å². The Hall–Kier alpha value is -4.01. The van der Waals surface area contributed by atoms with Crippen LogP contribution in [0.2, 0.25) is 0 Å². The maximum absolute atomic E-state index is 12.4. The lowest BCUT2D eigenvalue weighted by atomic mass is 9.94. The van der Waals surface area contributed by atoms with Crippen LogP contribution in [0.15, 0.2) is 53.7 Å². The normalized spacial score (nSPS) is 15.2. The number of hydrogen-bond donors (Lipinski definition) is 2. The maximum Gasteiger partial charge on any atom is 0.248 e. The second-order valence-corrected chi connectivity index (χ2v) is 6.97. The molecule has 1 atom stereocenters. The van der Waals surface area contributed by atoms with Gasteiger partial charge in [0.05, 0.1) is 26.9 Å². The fraction of sp³-hybridized carbons (Fsp3) is 0.227. The van der Waals surface area contributed by atoms with Crippen LogP contribution in [0.3, 0.4) is 0 Å². The molecular formula is C22H23N5O4. The Kier molecular flexibility index (Phi) is 5.24. The molecule has 0 bridgehead atoms. The highest BCUT2D eigenvalue weighted by atomic mass is 16.5. The first-order valence-electron chi connectivity index (χ1n) is 9.57. The number of anilines is 1. The molecule has 9 heteroatoms. The second-order valence-electron chi connectivity index (χ2n) is 6.97. The van der Waals surface area contributed by atoms with E-state index in [-0.39, 0.29) is 0 Å². The van der Waals surface area contributed by atoms with Crippen molar-refractivity contribution < 1.29 is 19.0 Å². The smallest absolute Gasteiger partial charge is 0.248 e. The predicted octanol–water partition coefficient (Wildman–Crippen LogP) is 2.75. The van der Waals surface area contributed by atoms with Crippen molar-refractivity contribution in [1.82, 2.24) is 14.8 Å². The van der Waals surface area contributed by atoms with E-state index < -0.39 is 11.9 Å². The first-order valence-corrected chi connectivity index (χ1v) is 9.57. The maximum atomic E-state index is 12.4. The molecule has 31 heavy (non-hydrogen) atoms. The Morgan fingerprint density at radius 1 is 1.06 bits per heavy atom. The van der Waals surface area contributed by atoms with Crippen molar-refractivity contribution in [1.29, 1.82) is 0 Å². The molecule has 160 valence electrons.